The lowest BCUT2D eigenvalue weighted by molar-refractivity contribution is -0.170. The molecule has 1 aliphatic rings. The summed E-state index contributed by atoms with van der Waals surface area (Å²) in [7, 11) is -1.85. The number of halogens is 1. The Balaban J connectivity index is 1.54. The highest BCUT2D eigenvalue weighted by atomic mass is 31.2. The molecule has 2 aromatic heterocycles. The Morgan fingerprint density at radius 3 is 2.21 bits per heavy atom. The van der Waals surface area contributed by atoms with Gasteiger partial charge in [0.1, 0.15) is 23.0 Å². The van der Waals surface area contributed by atoms with Crippen LogP contribution in [-0.4, -0.2) is 64.3 Å². The second kappa shape index (κ2) is 13.8. The van der Waals surface area contributed by atoms with E-state index in [2.05, 4.69) is 25.0 Å². The number of aromatic nitrogens is 4. The van der Waals surface area contributed by atoms with Crippen molar-refractivity contribution in [3.8, 4) is 23.0 Å². The molecule has 1 saturated heterocycles. The number of fused-ring (bicyclic) bond motifs is 1. The number of phosphoric acid groups is 1. The van der Waals surface area contributed by atoms with Gasteiger partial charge >= 0.3 is 13.8 Å². The highest BCUT2D eigenvalue weighted by molar-refractivity contribution is 7.49. The van der Waals surface area contributed by atoms with Gasteiger partial charge in [0.15, 0.2) is 29.7 Å². The van der Waals surface area contributed by atoms with Crippen LogP contribution in [0.25, 0.3) is 21.6 Å². The summed E-state index contributed by atoms with van der Waals surface area (Å²) < 4.78 is 70.4. The molecule has 0 radical (unpaired) electrons. The quantitative estimate of drug-likeness (QED) is 0.0650. The Kier molecular flexibility index (Phi) is 9.77. The largest absolute Gasteiger partial charge is 0.587 e. The number of aromatic amines is 1. The number of nitrogens with zero attached hydrogens (tertiary/aromatic N) is 6. The maximum Gasteiger partial charge on any atom is 0.587 e. The lowest BCUT2D eigenvalue weighted by Crippen LogP contribution is -2.47. The molecule has 48 heavy (non-hydrogen) atoms. The van der Waals surface area contributed by atoms with E-state index in [4.69, 9.17) is 38.3 Å². The van der Waals surface area contributed by atoms with Crippen LogP contribution in [0, 0.1) is 5.92 Å². The molecule has 3 heterocycles. The molecule has 254 valence electrons. The number of nitrogens with two attached hydrogens (primary N) is 1. The van der Waals surface area contributed by atoms with Crippen LogP contribution in [0.4, 0.5) is 10.3 Å². The number of ether oxygens (including phenoxy) is 4. The van der Waals surface area contributed by atoms with Crippen molar-refractivity contribution in [2.45, 2.75) is 38.1 Å². The smallest absolute Gasteiger partial charge is 0.497 e. The number of hydrogen-bond acceptors (Lipinski definition) is 14. The number of azide groups is 1. The van der Waals surface area contributed by atoms with E-state index < -0.39 is 56.1 Å². The highest BCUT2D eigenvalue weighted by Crippen LogP contribution is 2.53. The molecule has 1 aliphatic heterocycles. The van der Waals surface area contributed by atoms with Gasteiger partial charge in [-0.1, -0.05) is 19.0 Å². The monoisotopic (exact) mass is 688 g/mol. The lowest BCUT2D eigenvalue weighted by atomic mass is 10.1. The van der Waals surface area contributed by atoms with Crippen LogP contribution < -0.4 is 29.8 Å². The molecular weight excluding hydrogens is 658 g/mol. The molecule has 0 amide bonds. The minimum atomic E-state index is -4.76. The number of hydrogen-bond donors (Lipinski definition) is 2. The van der Waals surface area contributed by atoms with E-state index in [0.717, 1.165) is 10.9 Å². The number of carbonyl (C=O) groups excluding carboxylic acids is 1. The SMILES string of the molecule is COc1ccc(OP(=O)(OC[C@@]2(N=[N+]=[N-])O[C@@H](n3cnc4c(=O)[nH]c(N)nc43)[C@H](F)[C@@H]2OC(=O)C(C)C)Oc2ccc(OC)cc2)cc1. The Morgan fingerprint density at radius 1 is 1.12 bits per heavy atom. The average Bonchev–Trinajstić information content (AvgIpc) is 3.60. The number of benzene rings is 2. The van der Waals surface area contributed by atoms with Crippen molar-refractivity contribution in [2.24, 2.45) is 11.0 Å². The standard InChI is InChI=1S/C28H30FN8O10P/c1-15(2)26(39)44-22-20(29)25(37-14-32-21-23(37)33-27(30)34-24(21)38)45-28(22,35-36-31)13-43-48(40,46-18-9-5-16(41-3)6-10-18)47-19-11-7-17(42-4)8-12-19/h5-12,14-15,20,22,25H,13H2,1-4H3,(H3,30,33,34,38)/t20-,22+,25-,28-/m1/s1. The van der Waals surface area contributed by atoms with Gasteiger partial charge in [-0.25, -0.2) is 13.9 Å². The topological polar surface area (TPSA) is 237 Å². The number of carbonyl (C=O) groups is 1. The van der Waals surface area contributed by atoms with E-state index in [9.17, 15) is 19.7 Å². The van der Waals surface area contributed by atoms with E-state index in [0.29, 0.717) is 11.5 Å². The molecule has 3 N–H and O–H groups in total. The Labute approximate surface area is 271 Å². The van der Waals surface area contributed by atoms with Gasteiger partial charge in [-0.05, 0) is 54.1 Å². The van der Waals surface area contributed by atoms with Crippen LogP contribution in [0.1, 0.15) is 20.1 Å². The summed E-state index contributed by atoms with van der Waals surface area (Å²) in [5.41, 5.74) is 11.7. The van der Waals surface area contributed by atoms with Crippen LogP contribution in [-0.2, 0) is 23.4 Å². The van der Waals surface area contributed by atoms with Crippen molar-refractivity contribution in [2.75, 3.05) is 26.6 Å². The molecule has 1 fully saturated rings. The highest BCUT2D eigenvalue weighted by Gasteiger charge is 2.60. The van der Waals surface area contributed by atoms with Crippen molar-refractivity contribution in [3.63, 3.8) is 0 Å². The summed E-state index contributed by atoms with van der Waals surface area (Å²) in [6.45, 7) is 1.96. The fourth-order valence-electron chi connectivity index (χ4n) is 4.57. The zero-order valence-electron chi connectivity index (χ0n) is 25.9. The fourth-order valence-corrected chi connectivity index (χ4v) is 5.82. The molecule has 20 heteroatoms. The third kappa shape index (κ3) is 6.99. The Bertz CT molecular complexity index is 1880. The van der Waals surface area contributed by atoms with Gasteiger partial charge in [0.05, 0.1) is 33.1 Å². The predicted molar refractivity (Wildman–Crippen MR) is 165 cm³/mol. The summed E-state index contributed by atoms with van der Waals surface area (Å²) in [5, 5.41) is 3.64. The van der Waals surface area contributed by atoms with Crippen molar-refractivity contribution in [1.82, 2.24) is 19.5 Å². The van der Waals surface area contributed by atoms with Crippen LogP contribution in [0.15, 0.2) is 64.8 Å². The summed E-state index contributed by atoms with van der Waals surface area (Å²) in [4.78, 5) is 38.2. The van der Waals surface area contributed by atoms with E-state index in [1.807, 2.05) is 0 Å². The molecule has 0 aliphatic carbocycles. The number of anilines is 1. The molecule has 5 rings (SSSR count). The van der Waals surface area contributed by atoms with E-state index >= 15 is 4.39 Å². The van der Waals surface area contributed by atoms with Crippen molar-refractivity contribution < 1.29 is 46.3 Å². The van der Waals surface area contributed by atoms with Gasteiger partial charge in [-0.3, -0.25) is 23.7 Å². The summed E-state index contributed by atoms with van der Waals surface area (Å²) in [5.74, 6) is -0.973. The number of nitrogen functional groups attached to an aromatic ring is 1. The summed E-state index contributed by atoms with van der Waals surface area (Å²) >= 11 is 0. The van der Waals surface area contributed by atoms with E-state index in [1.54, 1.807) is 0 Å². The number of methoxy groups -OCH3 is 2. The molecular formula is C28H30FN8O10P. The number of rotatable bonds is 13. The molecule has 0 spiro atoms. The van der Waals surface area contributed by atoms with Crippen molar-refractivity contribution in [1.29, 1.82) is 0 Å². The third-order valence-electron chi connectivity index (χ3n) is 6.97. The molecule has 0 saturated carbocycles. The first-order valence-corrected chi connectivity index (χ1v) is 15.6. The summed E-state index contributed by atoms with van der Waals surface area (Å²) in [6, 6.07) is 11.8. The van der Waals surface area contributed by atoms with Gasteiger partial charge in [0, 0.05) is 4.91 Å². The number of alkyl halides is 1. The van der Waals surface area contributed by atoms with Crippen molar-refractivity contribution >= 4 is 30.9 Å². The lowest BCUT2D eigenvalue weighted by Gasteiger charge is -2.30. The zero-order chi connectivity index (χ0) is 34.6. The molecule has 0 bridgehead atoms. The van der Waals surface area contributed by atoms with Crippen LogP contribution in [0.5, 0.6) is 23.0 Å². The maximum atomic E-state index is 16.5. The summed E-state index contributed by atoms with van der Waals surface area (Å²) in [6.07, 6.45) is -5.00. The van der Waals surface area contributed by atoms with Crippen molar-refractivity contribution in [3.05, 3.63) is 75.7 Å². The number of nitrogens with one attached hydrogen (secondary N) is 1. The van der Waals surface area contributed by atoms with Gasteiger partial charge in [0.2, 0.25) is 11.7 Å². The number of imidazole rings is 1. The Morgan fingerprint density at radius 2 is 1.69 bits per heavy atom. The van der Waals surface area contributed by atoms with Gasteiger partial charge < -0.3 is 33.7 Å². The van der Waals surface area contributed by atoms with Gasteiger partial charge in [-0.2, -0.15) is 4.98 Å². The molecule has 4 atom stereocenters. The fraction of sp³-hybridized carbons (Fsp3) is 0.357. The van der Waals surface area contributed by atoms with Gasteiger partial charge in [0.25, 0.3) is 5.56 Å². The van der Waals surface area contributed by atoms with E-state index in [-0.39, 0.29) is 28.6 Å². The second-order valence-electron chi connectivity index (χ2n) is 10.5. The normalized spacial score (nSPS) is 20.7. The molecule has 0 unspecified atom stereocenters. The number of esters is 1. The molecule has 18 nitrogen and oxygen atoms in total. The third-order valence-corrected chi connectivity index (χ3v) is 8.28. The average molecular weight is 689 g/mol. The number of phosphoric ester groups is 1. The van der Waals surface area contributed by atoms with E-state index in [1.165, 1.54) is 76.6 Å². The Hall–Kier alpha value is -5.35. The molecule has 2 aromatic carbocycles. The minimum absolute atomic E-state index is 0.0145. The predicted octanol–water partition coefficient (Wildman–Crippen LogP) is 4.44. The van der Waals surface area contributed by atoms with Crippen LogP contribution in [0.3, 0.4) is 0 Å². The first-order valence-electron chi connectivity index (χ1n) is 14.1. The second-order valence-corrected chi connectivity index (χ2v) is 12.0. The minimum Gasteiger partial charge on any atom is -0.497 e. The molecule has 4 aromatic rings. The first-order chi connectivity index (χ1) is 22.9. The van der Waals surface area contributed by atoms with Gasteiger partial charge in [-0.15, -0.1) is 0 Å². The maximum absolute atomic E-state index is 16.5. The number of H-pyrrole nitrogens is 1. The zero-order valence-corrected chi connectivity index (χ0v) is 26.8. The van der Waals surface area contributed by atoms with Crippen LogP contribution in [0.2, 0.25) is 0 Å². The first kappa shape index (κ1) is 34.0. The van der Waals surface area contributed by atoms with Crippen LogP contribution >= 0.6 is 7.82 Å².